The van der Waals surface area contributed by atoms with Gasteiger partial charge in [-0.2, -0.15) is 0 Å². The van der Waals surface area contributed by atoms with Gasteiger partial charge in [0.2, 0.25) is 18.1 Å². The van der Waals surface area contributed by atoms with Crippen LogP contribution in [0.3, 0.4) is 0 Å². The molecule has 3 aromatic rings. The Morgan fingerprint density at radius 2 is 1.93 bits per heavy atom. The summed E-state index contributed by atoms with van der Waals surface area (Å²) >= 11 is 0. The maximum Gasteiger partial charge on any atom is 0.230 e. The highest BCUT2D eigenvalue weighted by atomic mass is 19.1. The molecule has 0 saturated carbocycles. The Morgan fingerprint density at radius 1 is 1.15 bits per heavy atom. The quantitative estimate of drug-likeness (QED) is 0.299. The van der Waals surface area contributed by atoms with Gasteiger partial charge in [0.15, 0.2) is 5.82 Å². The van der Waals surface area contributed by atoms with Gasteiger partial charge in [-0.15, -0.1) is 0 Å². The molecule has 2 saturated heterocycles. The van der Waals surface area contributed by atoms with Crippen LogP contribution >= 0.6 is 0 Å². The molecule has 2 aliphatic heterocycles. The van der Waals surface area contributed by atoms with Crippen molar-refractivity contribution in [1.29, 1.82) is 0 Å². The first kappa shape index (κ1) is 29.1. The summed E-state index contributed by atoms with van der Waals surface area (Å²) in [7, 11) is 4.00. The molecule has 2 aromatic heterocycles. The molecule has 0 radical (unpaired) electrons. The molecule has 11 nitrogen and oxygen atoms in total. The van der Waals surface area contributed by atoms with Crippen molar-refractivity contribution in [3.63, 3.8) is 0 Å². The molecule has 0 spiro atoms. The first-order valence-corrected chi connectivity index (χ1v) is 14.0. The van der Waals surface area contributed by atoms with Gasteiger partial charge in [0, 0.05) is 31.5 Å². The van der Waals surface area contributed by atoms with Gasteiger partial charge in [0.1, 0.15) is 5.82 Å². The zero-order valence-electron chi connectivity index (χ0n) is 23.8. The Hall–Kier alpha value is -3.45. The van der Waals surface area contributed by atoms with E-state index < -0.39 is 11.7 Å². The minimum atomic E-state index is -0.819. The van der Waals surface area contributed by atoms with E-state index in [4.69, 9.17) is 24.2 Å². The number of hydrogen-bond acceptors (Lipinski definition) is 9. The van der Waals surface area contributed by atoms with Gasteiger partial charge < -0.3 is 34.7 Å². The number of rotatable bonds is 11. The van der Waals surface area contributed by atoms with Gasteiger partial charge in [-0.25, -0.2) is 19.3 Å². The predicted octanol–water partition coefficient (Wildman–Crippen LogP) is 3.38. The second-order valence-electron chi connectivity index (χ2n) is 11.1. The number of nitrogens with one attached hydrogen (secondary N) is 3. The number of nitrogens with zero attached hydrogens (tertiary/aromatic N) is 4. The molecule has 1 amide bonds. The Morgan fingerprint density at radius 3 is 2.63 bits per heavy atom. The summed E-state index contributed by atoms with van der Waals surface area (Å²) in [6.07, 6.45) is 3.92. The lowest BCUT2D eigenvalue weighted by Crippen LogP contribution is -2.49. The summed E-state index contributed by atoms with van der Waals surface area (Å²) in [5.74, 6) is 0.453. The Kier molecular flexibility index (Phi) is 9.23. The van der Waals surface area contributed by atoms with Crippen LogP contribution in [0.25, 0.3) is 22.6 Å². The topological polar surface area (TPSA) is 127 Å². The van der Waals surface area contributed by atoms with Crippen LogP contribution in [0.1, 0.15) is 38.3 Å². The van der Waals surface area contributed by atoms with Crippen LogP contribution in [0, 0.1) is 11.2 Å². The highest BCUT2D eigenvalue weighted by Gasteiger charge is 2.40. The SMILES string of the molecule is CN(C)CCCNC(=O)C1(C)COC(c2nc(-c3ccc(F)cc3)c(-c3ccnc(NCC4CCCO4)n3)[nH]2)OC1. The lowest BCUT2D eigenvalue weighted by molar-refractivity contribution is -0.231. The largest absolute Gasteiger partial charge is 0.376 e. The number of halogens is 1. The third-order valence-electron chi connectivity index (χ3n) is 7.21. The zero-order chi connectivity index (χ0) is 28.8. The molecule has 1 unspecified atom stereocenters. The van der Waals surface area contributed by atoms with Crippen molar-refractivity contribution in [2.75, 3.05) is 58.9 Å². The lowest BCUT2D eigenvalue weighted by Gasteiger charge is -2.35. The lowest BCUT2D eigenvalue weighted by atomic mass is 9.91. The van der Waals surface area contributed by atoms with Crippen molar-refractivity contribution < 1.29 is 23.4 Å². The third-order valence-corrected chi connectivity index (χ3v) is 7.21. The maximum absolute atomic E-state index is 13.7. The van der Waals surface area contributed by atoms with Gasteiger partial charge in [-0.1, -0.05) is 0 Å². The fraction of sp³-hybridized carbons (Fsp3) is 0.517. The highest BCUT2D eigenvalue weighted by Crippen LogP contribution is 2.35. The van der Waals surface area contributed by atoms with E-state index in [9.17, 15) is 9.18 Å². The van der Waals surface area contributed by atoms with Crippen molar-refractivity contribution in [2.45, 2.75) is 38.6 Å². The molecule has 41 heavy (non-hydrogen) atoms. The second kappa shape index (κ2) is 13.0. The number of hydrogen-bond donors (Lipinski definition) is 3. The van der Waals surface area contributed by atoms with Crippen LogP contribution in [0.4, 0.5) is 10.3 Å². The number of benzene rings is 1. The molecular formula is C29H38FN7O4. The molecular weight excluding hydrogens is 529 g/mol. The van der Waals surface area contributed by atoms with Crippen molar-refractivity contribution in [2.24, 2.45) is 5.41 Å². The Bertz CT molecular complexity index is 1300. The number of anilines is 1. The van der Waals surface area contributed by atoms with E-state index in [0.717, 1.165) is 32.4 Å². The van der Waals surface area contributed by atoms with E-state index in [1.54, 1.807) is 24.4 Å². The summed E-state index contributed by atoms with van der Waals surface area (Å²) in [5.41, 5.74) is 1.68. The molecule has 4 heterocycles. The van der Waals surface area contributed by atoms with Crippen molar-refractivity contribution >= 4 is 11.9 Å². The molecule has 5 rings (SSSR count). The standard InChI is InChI=1S/C29H38FN7O4/c1-29(27(38)31-12-5-14-37(2)3)17-40-26(41-18-29)25-35-23(19-7-9-20(30)10-8-19)24(36-25)22-11-13-32-28(34-22)33-16-21-6-4-15-39-21/h7-11,13,21,26H,4-6,12,14-18H2,1-3H3,(H,31,38)(H,35,36)(H,32,33,34). The normalized spacial score (nSPS) is 22.7. The Balaban J connectivity index is 1.32. The van der Waals surface area contributed by atoms with E-state index in [0.29, 0.717) is 47.5 Å². The number of H-pyrrole nitrogens is 1. The summed E-state index contributed by atoms with van der Waals surface area (Å²) in [4.78, 5) is 32.1. The first-order chi connectivity index (χ1) is 19.8. The summed E-state index contributed by atoms with van der Waals surface area (Å²) in [6, 6.07) is 7.88. The van der Waals surface area contributed by atoms with E-state index in [1.807, 2.05) is 21.0 Å². The van der Waals surface area contributed by atoms with Gasteiger partial charge in [-0.05, 0) is 77.2 Å². The van der Waals surface area contributed by atoms with E-state index in [2.05, 4.69) is 25.5 Å². The average Bonchev–Trinajstić information content (AvgIpc) is 3.66. The maximum atomic E-state index is 13.7. The number of carbonyl (C=O) groups is 1. The van der Waals surface area contributed by atoms with Crippen LogP contribution in [0.15, 0.2) is 36.5 Å². The molecule has 1 aromatic carbocycles. The van der Waals surface area contributed by atoms with Crippen LogP contribution in [-0.2, 0) is 19.0 Å². The average molecular weight is 568 g/mol. The van der Waals surface area contributed by atoms with Gasteiger partial charge >= 0.3 is 0 Å². The fourth-order valence-electron chi connectivity index (χ4n) is 4.81. The van der Waals surface area contributed by atoms with Crippen molar-refractivity contribution in [3.8, 4) is 22.6 Å². The van der Waals surface area contributed by atoms with Gasteiger partial charge in [0.05, 0.1) is 41.8 Å². The summed E-state index contributed by atoms with van der Waals surface area (Å²) in [5, 5.41) is 6.25. The first-order valence-electron chi connectivity index (χ1n) is 14.0. The fourth-order valence-corrected chi connectivity index (χ4v) is 4.81. The molecule has 1 atom stereocenters. The van der Waals surface area contributed by atoms with Crippen molar-refractivity contribution in [3.05, 3.63) is 48.2 Å². The van der Waals surface area contributed by atoms with Gasteiger partial charge in [-0.3, -0.25) is 4.79 Å². The van der Waals surface area contributed by atoms with Crippen LogP contribution in [0.5, 0.6) is 0 Å². The monoisotopic (exact) mass is 567 g/mol. The van der Waals surface area contributed by atoms with E-state index in [1.165, 1.54) is 12.1 Å². The Labute approximate surface area is 239 Å². The number of imidazole rings is 1. The third kappa shape index (κ3) is 7.25. The molecule has 2 aliphatic rings. The van der Waals surface area contributed by atoms with Crippen LogP contribution in [-0.4, -0.2) is 90.4 Å². The number of ether oxygens (including phenoxy) is 3. The van der Waals surface area contributed by atoms with Gasteiger partial charge in [0.25, 0.3) is 0 Å². The summed E-state index contributed by atoms with van der Waals surface area (Å²) < 4.78 is 31.4. The second-order valence-corrected chi connectivity index (χ2v) is 11.1. The molecule has 0 aliphatic carbocycles. The van der Waals surface area contributed by atoms with Crippen molar-refractivity contribution in [1.82, 2.24) is 30.2 Å². The van der Waals surface area contributed by atoms with Crippen LogP contribution in [0.2, 0.25) is 0 Å². The van der Waals surface area contributed by atoms with E-state index in [-0.39, 0.29) is 31.0 Å². The molecule has 2 fully saturated rings. The van der Waals surface area contributed by atoms with Crippen LogP contribution < -0.4 is 10.6 Å². The molecule has 3 N–H and O–H groups in total. The predicted molar refractivity (Wildman–Crippen MR) is 151 cm³/mol. The number of aromatic amines is 1. The zero-order valence-corrected chi connectivity index (χ0v) is 23.8. The minimum Gasteiger partial charge on any atom is -0.376 e. The highest BCUT2D eigenvalue weighted by molar-refractivity contribution is 5.82. The molecule has 12 heteroatoms. The van der Waals surface area contributed by atoms with E-state index >= 15 is 0 Å². The summed E-state index contributed by atoms with van der Waals surface area (Å²) in [6.45, 7) is 5.04. The minimum absolute atomic E-state index is 0.106. The number of amides is 1. The molecule has 220 valence electrons. The number of carbonyl (C=O) groups excluding carboxylic acids is 1. The molecule has 0 bridgehead atoms. The number of aromatic nitrogens is 4. The smallest absolute Gasteiger partial charge is 0.230 e.